The number of halogens is 1. The highest BCUT2D eigenvalue weighted by molar-refractivity contribution is 6.31. The minimum Gasteiger partial charge on any atom is -0.324 e. The lowest BCUT2D eigenvalue weighted by Gasteiger charge is -2.17. The van der Waals surface area contributed by atoms with Crippen LogP contribution in [0.3, 0.4) is 0 Å². The average molecular weight is 421 g/mol. The molecular weight excluding hydrogens is 396 g/mol. The van der Waals surface area contributed by atoms with Crippen LogP contribution in [0.15, 0.2) is 72.8 Å². The van der Waals surface area contributed by atoms with Gasteiger partial charge in [0.15, 0.2) is 5.78 Å². The van der Waals surface area contributed by atoms with E-state index in [1.54, 1.807) is 42.5 Å². The second-order valence-corrected chi connectivity index (χ2v) is 7.71. The molecule has 0 aliphatic rings. The Morgan fingerprint density at radius 1 is 0.933 bits per heavy atom. The molecule has 0 bridgehead atoms. The zero-order valence-electron chi connectivity index (χ0n) is 17.2. The van der Waals surface area contributed by atoms with Crippen molar-refractivity contribution in [1.82, 2.24) is 4.90 Å². The zero-order chi connectivity index (χ0) is 21.5. The van der Waals surface area contributed by atoms with E-state index < -0.39 is 0 Å². The SMILES string of the molecule is CCc1ccc(CN(C)CC(=O)Nc2ccc(Cl)cc2C(=O)c2ccccc2)cc1. The van der Waals surface area contributed by atoms with Crippen molar-refractivity contribution in [3.63, 3.8) is 0 Å². The number of nitrogens with one attached hydrogen (secondary N) is 1. The van der Waals surface area contributed by atoms with Crippen molar-refractivity contribution in [2.45, 2.75) is 19.9 Å². The molecule has 0 aromatic heterocycles. The number of benzene rings is 3. The second-order valence-electron chi connectivity index (χ2n) is 7.28. The highest BCUT2D eigenvalue weighted by Gasteiger charge is 2.16. The van der Waals surface area contributed by atoms with Crippen molar-refractivity contribution < 1.29 is 9.59 Å². The number of amides is 1. The molecule has 5 heteroatoms. The molecule has 1 N–H and O–H groups in total. The van der Waals surface area contributed by atoms with Crippen LogP contribution < -0.4 is 5.32 Å². The summed E-state index contributed by atoms with van der Waals surface area (Å²) in [5, 5.41) is 3.31. The van der Waals surface area contributed by atoms with Gasteiger partial charge < -0.3 is 5.32 Å². The van der Waals surface area contributed by atoms with Crippen molar-refractivity contribution in [2.75, 3.05) is 18.9 Å². The molecule has 0 fully saturated rings. The quantitative estimate of drug-likeness (QED) is 0.509. The number of nitrogens with zero attached hydrogens (tertiary/aromatic N) is 1. The average Bonchev–Trinajstić information content (AvgIpc) is 2.75. The molecule has 0 heterocycles. The van der Waals surface area contributed by atoms with Crippen LogP contribution in [0.5, 0.6) is 0 Å². The molecule has 3 aromatic carbocycles. The van der Waals surface area contributed by atoms with E-state index >= 15 is 0 Å². The number of hydrogen-bond acceptors (Lipinski definition) is 3. The summed E-state index contributed by atoms with van der Waals surface area (Å²) in [4.78, 5) is 27.4. The first-order valence-corrected chi connectivity index (χ1v) is 10.3. The van der Waals surface area contributed by atoms with Crippen LogP contribution in [-0.2, 0) is 17.8 Å². The maximum absolute atomic E-state index is 12.9. The van der Waals surface area contributed by atoms with Gasteiger partial charge in [0.2, 0.25) is 5.91 Å². The van der Waals surface area contributed by atoms with E-state index in [0.717, 1.165) is 12.0 Å². The third kappa shape index (κ3) is 5.78. The largest absolute Gasteiger partial charge is 0.324 e. The Kier molecular flexibility index (Phi) is 7.39. The maximum atomic E-state index is 12.9. The Hall–Kier alpha value is -2.95. The summed E-state index contributed by atoms with van der Waals surface area (Å²) >= 11 is 6.11. The van der Waals surface area contributed by atoms with Gasteiger partial charge in [-0.05, 0) is 42.8 Å². The fraction of sp³-hybridized carbons (Fsp3) is 0.200. The third-order valence-corrected chi connectivity index (χ3v) is 5.07. The van der Waals surface area contributed by atoms with Crippen molar-refractivity contribution >= 4 is 29.0 Å². The fourth-order valence-corrected chi connectivity index (χ4v) is 3.41. The molecule has 30 heavy (non-hydrogen) atoms. The van der Waals surface area contributed by atoms with Crippen molar-refractivity contribution in [3.05, 3.63) is 100 Å². The molecule has 0 saturated carbocycles. The van der Waals surface area contributed by atoms with Crippen molar-refractivity contribution in [3.8, 4) is 0 Å². The molecule has 0 atom stereocenters. The van der Waals surface area contributed by atoms with E-state index in [9.17, 15) is 9.59 Å². The summed E-state index contributed by atoms with van der Waals surface area (Å²) in [5.74, 6) is -0.370. The van der Waals surface area contributed by atoms with Gasteiger partial charge in [-0.3, -0.25) is 14.5 Å². The maximum Gasteiger partial charge on any atom is 0.238 e. The summed E-state index contributed by atoms with van der Waals surface area (Å²) in [5.41, 5.74) is 3.81. The molecule has 3 rings (SSSR count). The van der Waals surface area contributed by atoms with E-state index in [-0.39, 0.29) is 18.2 Å². The minimum atomic E-state index is -0.188. The lowest BCUT2D eigenvalue weighted by Crippen LogP contribution is -2.30. The van der Waals surface area contributed by atoms with Gasteiger partial charge in [0, 0.05) is 22.7 Å². The molecule has 0 unspecified atom stereocenters. The summed E-state index contributed by atoms with van der Waals surface area (Å²) in [7, 11) is 1.89. The topological polar surface area (TPSA) is 49.4 Å². The Balaban J connectivity index is 1.68. The van der Waals surface area contributed by atoms with Crippen LogP contribution in [0.25, 0.3) is 0 Å². The first-order valence-electron chi connectivity index (χ1n) is 9.91. The van der Waals surface area contributed by atoms with Crippen LogP contribution >= 0.6 is 11.6 Å². The monoisotopic (exact) mass is 420 g/mol. The molecule has 0 spiro atoms. The summed E-state index contributed by atoms with van der Waals surface area (Å²) in [6, 6.07) is 22.3. The van der Waals surface area contributed by atoms with Crippen LogP contribution in [-0.4, -0.2) is 30.2 Å². The number of anilines is 1. The third-order valence-electron chi connectivity index (χ3n) is 4.83. The normalized spacial score (nSPS) is 10.8. The summed E-state index contributed by atoms with van der Waals surface area (Å²) in [6.07, 6.45) is 1.00. The first-order chi connectivity index (χ1) is 14.5. The molecule has 4 nitrogen and oxygen atoms in total. The van der Waals surface area contributed by atoms with E-state index in [4.69, 9.17) is 11.6 Å². The number of carbonyl (C=O) groups is 2. The van der Waals surface area contributed by atoms with Crippen molar-refractivity contribution in [1.29, 1.82) is 0 Å². The van der Waals surface area contributed by atoms with E-state index in [0.29, 0.717) is 28.4 Å². The number of carbonyl (C=O) groups excluding carboxylic acids is 2. The van der Waals surface area contributed by atoms with Crippen molar-refractivity contribution in [2.24, 2.45) is 0 Å². The molecule has 3 aromatic rings. The van der Waals surface area contributed by atoms with Crippen LogP contribution in [0.4, 0.5) is 5.69 Å². The number of aryl methyl sites for hydroxylation is 1. The Labute approximate surface area is 182 Å². The van der Waals surface area contributed by atoms with Gasteiger partial charge in [-0.15, -0.1) is 0 Å². The summed E-state index contributed by atoms with van der Waals surface area (Å²) in [6.45, 7) is 2.99. The van der Waals surface area contributed by atoms with E-state index in [1.807, 2.05) is 18.0 Å². The highest BCUT2D eigenvalue weighted by Crippen LogP contribution is 2.24. The smallest absolute Gasteiger partial charge is 0.238 e. The molecular formula is C25H25ClN2O2. The molecule has 1 amide bonds. The van der Waals surface area contributed by atoms with Gasteiger partial charge in [-0.25, -0.2) is 0 Å². The standard InChI is InChI=1S/C25H25ClN2O2/c1-3-18-9-11-19(12-10-18)16-28(2)17-24(29)27-23-14-13-21(26)15-22(23)25(30)20-7-5-4-6-8-20/h4-15H,3,16-17H2,1-2H3,(H,27,29). The van der Waals surface area contributed by atoms with Crippen LogP contribution in [0.1, 0.15) is 34.0 Å². The number of hydrogen-bond donors (Lipinski definition) is 1. The van der Waals surface area contributed by atoms with Gasteiger partial charge in [-0.1, -0.05) is 73.1 Å². The van der Waals surface area contributed by atoms with Gasteiger partial charge in [-0.2, -0.15) is 0 Å². The number of ketones is 1. The molecule has 0 radical (unpaired) electrons. The predicted molar refractivity (Wildman–Crippen MR) is 122 cm³/mol. The lowest BCUT2D eigenvalue weighted by atomic mass is 10.0. The fourth-order valence-electron chi connectivity index (χ4n) is 3.24. The Morgan fingerprint density at radius 3 is 2.27 bits per heavy atom. The molecule has 0 aliphatic heterocycles. The number of likely N-dealkylation sites (N-methyl/N-ethyl adjacent to an activating group) is 1. The molecule has 154 valence electrons. The number of rotatable bonds is 8. The van der Waals surface area contributed by atoms with Gasteiger partial charge in [0.1, 0.15) is 0 Å². The van der Waals surface area contributed by atoms with Gasteiger partial charge >= 0.3 is 0 Å². The van der Waals surface area contributed by atoms with E-state index in [1.165, 1.54) is 5.56 Å². The lowest BCUT2D eigenvalue weighted by molar-refractivity contribution is -0.117. The first kappa shape index (κ1) is 21.8. The second kappa shape index (κ2) is 10.2. The highest BCUT2D eigenvalue weighted by atomic mass is 35.5. The Morgan fingerprint density at radius 2 is 1.60 bits per heavy atom. The minimum absolute atomic E-state index is 0.183. The summed E-state index contributed by atoms with van der Waals surface area (Å²) < 4.78 is 0. The molecule has 0 saturated heterocycles. The molecule has 0 aliphatic carbocycles. The van der Waals surface area contributed by atoms with Gasteiger partial charge in [0.05, 0.1) is 12.2 Å². The van der Waals surface area contributed by atoms with E-state index in [2.05, 4.69) is 36.5 Å². The van der Waals surface area contributed by atoms with Crippen LogP contribution in [0.2, 0.25) is 5.02 Å². The van der Waals surface area contributed by atoms with Gasteiger partial charge in [0.25, 0.3) is 0 Å². The zero-order valence-corrected chi connectivity index (χ0v) is 17.9. The van der Waals surface area contributed by atoms with Crippen LogP contribution in [0, 0.1) is 0 Å². The predicted octanol–water partition coefficient (Wildman–Crippen LogP) is 5.20. The Bertz CT molecular complexity index is 1020.